The molecule has 0 amide bonds. The van der Waals surface area contributed by atoms with E-state index in [1.165, 1.54) is 38.5 Å². The smallest absolute Gasteiger partial charge is 0.475 e. The van der Waals surface area contributed by atoms with E-state index in [9.17, 15) is 18.3 Å². The molecule has 166 valence electrons. The standard InChI is InChI=1S/C19H27N3O.C2HF3O2/c20-18(21-12-17(23)16-4-2-1-3-5-16)22-19-9-13-6-14(10-19)8-15(7-13)11-19;3-2(4,5)1(6)7/h1-5,13-15,17,23H,6-12H2,(H3,20,21,22);(H,6,7)/t13?,14?,15?,17-,19?;/m0./s1. The first-order chi connectivity index (χ1) is 14.1. The number of hydrogen-bond donors (Lipinski definition) is 4. The minimum absolute atomic E-state index is 0.181. The Kier molecular flexibility index (Phi) is 6.59. The highest BCUT2D eigenvalue weighted by atomic mass is 19.4. The maximum atomic E-state index is 10.6. The lowest BCUT2D eigenvalue weighted by Crippen LogP contribution is -2.61. The number of aliphatic hydroxyl groups excluding tert-OH is 1. The van der Waals surface area contributed by atoms with Crippen molar-refractivity contribution in [2.75, 3.05) is 6.54 Å². The van der Waals surface area contributed by atoms with Crippen LogP contribution in [-0.2, 0) is 4.79 Å². The average Bonchev–Trinajstić information content (AvgIpc) is 2.65. The van der Waals surface area contributed by atoms with Gasteiger partial charge in [-0.2, -0.15) is 13.2 Å². The Morgan fingerprint density at radius 2 is 1.60 bits per heavy atom. The lowest BCUT2D eigenvalue weighted by Gasteiger charge is -2.57. The average molecular weight is 427 g/mol. The van der Waals surface area contributed by atoms with Gasteiger partial charge in [0, 0.05) is 5.54 Å². The minimum Gasteiger partial charge on any atom is -0.475 e. The molecule has 0 heterocycles. The van der Waals surface area contributed by atoms with Crippen molar-refractivity contribution in [1.29, 1.82) is 0 Å². The van der Waals surface area contributed by atoms with Crippen molar-refractivity contribution in [3.63, 3.8) is 0 Å². The van der Waals surface area contributed by atoms with Crippen molar-refractivity contribution >= 4 is 11.9 Å². The molecule has 1 aromatic carbocycles. The van der Waals surface area contributed by atoms with Crippen LogP contribution in [0.5, 0.6) is 0 Å². The Balaban J connectivity index is 0.000000318. The quantitative estimate of drug-likeness (QED) is 0.436. The molecule has 0 aliphatic heterocycles. The predicted octanol–water partition coefficient (Wildman–Crippen LogP) is 3.23. The second kappa shape index (κ2) is 8.83. The number of guanidine groups is 1. The molecule has 4 bridgehead atoms. The van der Waals surface area contributed by atoms with Crippen LogP contribution >= 0.6 is 0 Å². The van der Waals surface area contributed by atoms with E-state index in [1.807, 2.05) is 30.3 Å². The Hall–Kier alpha value is -2.29. The Labute approximate surface area is 173 Å². The monoisotopic (exact) mass is 427 g/mol. The second-order valence-electron chi connectivity index (χ2n) is 8.78. The zero-order chi connectivity index (χ0) is 21.9. The van der Waals surface area contributed by atoms with Crippen LogP contribution in [0.25, 0.3) is 0 Å². The number of carboxylic acids is 1. The van der Waals surface area contributed by atoms with E-state index in [0.717, 1.165) is 23.3 Å². The summed E-state index contributed by atoms with van der Waals surface area (Å²) < 4.78 is 31.7. The number of aliphatic imine (C=N–C) groups is 1. The van der Waals surface area contributed by atoms with Crippen LogP contribution in [0.1, 0.15) is 50.2 Å². The number of aliphatic hydroxyl groups is 1. The van der Waals surface area contributed by atoms with Crippen LogP contribution in [-0.4, -0.2) is 40.4 Å². The van der Waals surface area contributed by atoms with E-state index >= 15 is 0 Å². The lowest BCUT2D eigenvalue weighted by atomic mass is 9.53. The van der Waals surface area contributed by atoms with Crippen LogP contribution in [0.4, 0.5) is 13.2 Å². The van der Waals surface area contributed by atoms with Crippen LogP contribution in [0, 0.1) is 17.8 Å². The highest BCUT2D eigenvalue weighted by Gasteiger charge is 2.51. The number of rotatable bonds is 4. The van der Waals surface area contributed by atoms with Crippen LogP contribution < -0.4 is 11.1 Å². The molecule has 0 spiro atoms. The topological polar surface area (TPSA) is 108 Å². The van der Waals surface area contributed by atoms with Gasteiger partial charge in [-0.25, -0.2) is 4.79 Å². The van der Waals surface area contributed by atoms with Crippen molar-refractivity contribution in [3.8, 4) is 0 Å². The molecular formula is C21H28F3N3O3. The van der Waals surface area contributed by atoms with Crippen molar-refractivity contribution in [1.82, 2.24) is 5.32 Å². The van der Waals surface area contributed by atoms with Crippen LogP contribution in [0.2, 0.25) is 0 Å². The third-order valence-electron chi connectivity index (χ3n) is 6.29. The van der Waals surface area contributed by atoms with E-state index in [4.69, 9.17) is 15.6 Å². The van der Waals surface area contributed by atoms with Gasteiger partial charge in [-0.15, -0.1) is 0 Å². The number of alkyl halides is 3. The van der Waals surface area contributed by atoms with Gasteiger partial charge in [0.05, 0.1) is 12.6 Å². The Bertz CT molecular complexity index is 732. The number of carbonyl (C=O) groups is 1. The molecule has 0 aromatic heterocycles. The van der Waals surface area contributed by atoms with Gasteiger partial charge in [-0.3, -0.25) is 4.99 Å². The molecule has 0 radical (unpaired) electrons. The maximum absolute atomic E-state index is 10.6. The van der Waals surface area contributed by atoms with E-state index in [-0.39, 0.29) is 5.54 Å². The van der Waals surface area contributed by atoms with E-state index in [0.29, 0.717) is 12.5 Å². The molecule has 4 fully saturated rings. The molecule has 1 atom stereocenters. The summed E-state index contributed by atoms with van der Waals surface area (Å²) in [5.74, 6) is 0.402. The number of aliphatic carboxylic acids is 1. The van der Waals surface area contributed by atoms with Gasteiger partial charge >= 0.3 is 12.1 Å². The molecule has 9 heteroatoms. The van der Waals surface area contributed by atoms with Gasteiger partial charge in [0.15, 0.2) is 5.96 Å². The fourth-order valence-electron chi connectivity index (χ4n) is 5.54. The van der Waals surface area contributed by atoms with Gasteiger partial charge in [0.1, 0.15) is 0 Å². The van der Waals surface area contributed by atoms with Gasteiger partial charge < -0.3 is 21.3 Å². The minimum atomic E-state index is -5.08. The SMILES string of the molecule is NC(=NC[C@H](O)c1ccccc1)NC12CC3CC(CC(C3)C1)C2.O=C(O)C(F)(F)F. The summed E-state index contributed by atoms with van der Waals surface area (Å²) >= 11 is 0. The first-order valence-corrected chi connectivity index (χ1v) is 10.2. The third-order valence-corrected chi connectivity index (χ3v) is 6.29. The highest BCUT2D eigenvalue weighted by Crippen LogP contribution is 2.55. The van der Waals surface area contributed by atoms with Gasteiger partial charge in [0.2, 0.25) is 0 Å². The third kappa shape index (κ3) is 5.65. The van der Waals surface area contributed by atoms with Crippen molar-refractivity contribution < 1.29 is 28.2 Å². The Morgan fingerprint density at radius 3 is 2.03 bits per heavy atom. The van der Waals surface area contributed by atoms with Crippen LogP contribution in [0.15, 0.2) is 35.3 Å². The number of halogens is 3. The fraction of sp³-hybridized carbons (Fsp3) is 0.619. The molecule has 4 aliphatic carbocycles. The maximum Gasteiger partial charge on any atom is 0.490 e. The van der Waals surface area contributed by atoms with Gasteiger partial charge in [-0.05, 0) is 61.8 Å². The normalized spacial score (nSPS) is 30.9. The van der Waals surface area contributed by atoms with E-state index in [1.54, 1.807) is 0 Å². The van der Waals surface area contributed by atoms with E-state index in [2.05, 4.69) is 10.3 Å². The second-order valence-corrected chi connectivity index (χ2v) is 8.78. The van der Waals surface area contributed by atoms with Gasteiger partial charge in [-0.1, -0.05) is 30.3 Å². The number of nitrogens with two attached hydrogens (primary N) is 1. The summed E-state index contributed by atoms with van der Waals surface area (Å²) in [6, 6.07) is 9.65. The Morgan fingerprint density at radius 1 is 1.13 bits per heavy atom. The summed E-state index contributed by atoms with van der Waals surface area (Å²) in [6.45, 7) is 0.315. The summed E-state index contributed by atoms with van der Waals surface area (Å²) in [5, 5.41) is 20.9. The molecule has 1 aromatic rings. The fourth-order valence-corrected chi connectivity index (χ4v) is 5.54. The van der Waals surface area contributed by atoms with Crippen LogP contribution in [0.3, 0.4) is 0 Å². The summed E-state index contributed by atoms with van der Waals surface area (Å²) in [6.07, 6.45) is 2.33. The zero-order valence-electron chi connectivity index (χ0n) is 16.6. The van der Waals surface area contributed by atoms with Crippen molar-refractivity contribution in [2.24, 2.45) is 28.5 Å². The number of hydrogen-bond acceptors (Lipinski definition) is 3. The summed E-state index contributed by atoms with van der Waals surface area (Å²) in [5.41, 5.74) is 7.22. The molecule has 6 nitrogen and oxygen atoms in total. The molecule has 0 unspecified atom stereocenters. The number of nitrogens with zero attached hydrogens (tertiary/aromatic N) is 1. The zero-order valence-corrected chi connectivity index (χ0v) is 16.6. The molecule has 30 heavy (non-hydrogen) atoms. The van der Waals surface area contributed by atoms with Crippen molar-refractivity contribution in [3.05, 3.63) is 35.9 Å². The molecule has 5 rings (SSSR count). The molecule has 4 saturated carbocycles. The largest absolute Gasteiger partial charge is 0.490 e. The highest BCUT2D eigenvalue weighted by molar-refractivity contribution is 5.78. The molecule has 0 saturated heterocycles. The first kappa shape index (κ1) is 22.4. The first-order valence-electron chi connectivity index (χ1n) is 10.2. The number of nitrogens with one attached hydrogen (secondary N) is 1. The summed E-state index contributed by atoms with van der Waals surface area (Å²) in [7, 11) is 0. The molecule has 5 N–H and O–H groups in total. The molecular weight excluding hydrogens is 399 g/mol. The predicted molar refractivity (Wildman–Crippen MR) is 106 cm³/mol. The van der Waals surface area contributed by atoms with E-state index < -0.39 is 18.2 Å². The van der Waals surface area contributed by atoms with Crippen molar-refractivity contribution in [2.45, 2.75) is 56.3 Å². The van der Waals surface area contributed by atoms with Gasteiger partial charge in [0.25, 0.3) is 0 Å². The lowest BCUT2D eigenvalue weighted by molar-refractivity contribution is -0.192. The summed E-state index contributed by atoms with van der Waals surface area (Å²) in [4.78, 5) is 13.3. The number of carboxylic acid groups (broad SMARTS) is 1. The molecule has 4 aliphatic rings. The number of benzene rings is 1.